The van der Waals surface area contributed by atoms with Crippen molar-refractivity contribution >= 4 is 34.6 Å². The highest BCUT2D eigenvalue weighted by atomic mass is 35.5. The van der Waals surface area contributed by atoms with Crippen LogP contribution in [0.15, 0.2) is 59.7 Å². The van der Waals surface area contributed by atoms with Gasteiger partial charge < -0.3 is 0 Å². The summed E-state index contributed by atoms with van der Waals surface area (Å²) in [5.74, 6) is 0.221. The van der Waals surface area contributed by atoms with Crippen LogP contribution in [0.3, 0.4) is 0 Å². The number of halogens is 1. The maximum Gasteiger partial charge on any atom is 0.243 e. The Bertz CT molecular complexity index is 1000. The first kappa shape index (κ1) is 16.7. The lowest BCUT2D eigenvalue weighted by Gasteiger charge is -2.03. The molecule has 2 atom stereocenters. The number of nitrogens with zero attached hydrogens (tertiary/aromatic N) is 2. The van der Waals surface area contributed by atoms with Gasteiger partial charge in [-0.15, -0.1) is 0 Å². The van der Waals surface area contributed by atoms with Gasteiger partial charge in [0.25, 0.3) is 0 Å². The third-order valence-corrected chi connectivity index (χ3v) is 4.99. The molecule has 1 aromatic heterocycles. The zero-order valence-electron chi connectivity index (χ0n) is 14.3. The van der Waals surface area contributed by atoms with Crippen molar-refractivity contribution in [3.8, 4) is 0 Å². The molecule has 3 aromatic rings. The molecule has 5 heteroatoms. The van der Waals surface area contributed by atoms with Crippen LogP contribution in [0.25, 0.3) is 10.9 Å². The fraction of sp³-hybridized carbons (Fsp3) is 0.190. The number of aromatic nitrogens is 1. The minimum atomic E-state index is -0.0594. The van der Waals surface area contributed by atoms with E-state index in [4.69, 9.17) is 11.6 Å². The predicted octanol–water partition coefficient (Wildman–Crippen LogP) is 4.45. The van der Waals surface area contributed by atoms with Crippen LogP contribution in [0.1, 0.15) is 29.0 Å². The fourth-order valence-corrected chi connectivity index (χ4v) is 3.38. The molecule has 130 valence electrons. The van der Waals surface area contributed by atoms with Crippen molar-refractivity contribution in [3.05, 3.63) is 76.4 Å². The molecular formula is C21H18ClN3O. The Morgan fingerprint density at radius 3 is 2.85 bits per heavy atom. The number of benzene rings is 2. The van der Waals surface area contributed by atoms with E-state index < -0.39 is 0 Å². The van der Waals surface area contributed by atoms with Gasteiger partial charge in [0.15, 0.2) is 0 Å². The molecule has 1 fully saturated rings. The maximum atomic E-state index is 12.2. The van der Waals surface area contributed by atoms with E-state index in [1.165, 1.54) is 5.56 Å². The Hall–Kier alpha value is -2.72. The third-order valence-electron chi connectivity index (χ3n) is 4.68. The molecule has 1 aliphatic rings. The summed E-state index contributed by atoms with van der Waals surface area (Å²) < 4.78 is 0. The Kier molecular flexibility index (Phi) is 4.43. The van der Waals surface area contributed by atoms with E-state index in [0.29, 0.717) is 16.6 Å². The van der Waals surface area contributed by atoms with Gasteiger partial charge in [0.2, 0.25) is 5.91 Å². The third kappa shape index (κ3) is 3.46. The summed E-state index contributed by atoms with van der Waals surface area (Å²) in [6.45, 7) is 2.03. The average Bonchev–Trinajstić information content (AvgIpc) is 3.44. The zero-order chi connectivity index (χ0) is 18.1. The summed E-state index contributed by atoms with van der Waals surface area (Å²) in [4.78, 5) is 16.6. The van der Waals surface area contributed by atoms with E-state index in [2.05, 4.69) is 27.6 Å². The molecule has 0 aliphatic heterocycles. The zero-order valence-corrected chi connectivity index (χ0v) is 15.1. The summed E-state index contributed by atoms with van der Waals surface area (Å²) >= 11 is 6.22. The molecule has 0 saturated heterocycles. The lowest BCUT2D eigenvalue weighted by atomic mass is 10.1. The van der Waals surface area contributed by atoms with Gasteiger partial charge in [0, 0.05) is 16.9 Å². The van der Waals surface area contributed by atoms with E-state index in [0.717, 1.165) is 22.9 Å². The van der Waals surface area contributed by atoms with Gasteiger partial charge in [0.05, 0.1) is 11.7 Å². The minimum absolute atomic E-state index is 0.0117. The maximum absolute atomic E-state index is 12.2. The normalized spacial score (nSPS) is 19.0. The van der Waals surface area contributed by atoms with Gasteiger partial charge in [-0.3, -0.25) is 4.79 Å². The molecule has 1 heterocycles. The molecule has 1 N–H and O–H groups in total. The first-order chi connectivity index (χ1) is 12.6. The molecule has 0 spiro atoms. The van der Waals surface area contributed by atoms with E-state index >= 15 is 0 Å². The molecule has 4 rings (SSSR count). The van der Waals surface area contributed by atoms with Crippen LogP contribution in [0.5, 0.6) is 0 Å². The van der Waals surface area contributed by atoms with Crippen LogP contribution < -0.4 is 5.43 Å². The Morgan fingerprint density at radius 1 is 1.23 bits per heavy atom. The van der Waals surface area contributed by atoms with Gasteiger partial charge in [0.1, 0.15) is 5.15 Å². The lowest BCUT2D eigenvalue weighted by Crippen LogP contribution is -2.20. The van der Waals surface area contributed by atoms with Gasteiger partial charge in [-0.2, -0.15) is 5.10 Å². The summed E-state index contributed by atoms with van der Waals surface area (Å²) in [5, 5.41) is 5.43. The number of carbonyl (C=O) groups is 1. The van der Waals surface area contributed by atoms with Crippen LogP contribution in [0.2, 0.25) is 5.15 Å². The van der Waals surface area contributed by atoms with Gasteiger partial charge >= 0.3 is 0 Å². The monoisotopic (exact) mass is 363 g/mol. The molecule has 26 heavy (non-hydrogen) atoms. The SMILES string of the molecule is Cc1ccc2nc(Cl)c(C=NNC(=O)[C@@H]3C[C@H]3c3ccccc3)cc2c1. The highest BCUT2D eigenvalue weighted by Crippen LogP contribution is 2.47. The number of hydrazone groups is 1. The number of fused-ring (bicyclic) bond motifs is 1. The van der Waals surface area contributed by atoms with Crippen molar-refractivity contribution in [2.75, 3.05) is 0 Å². The van der Waals surface area contributed by atoms with Crippen LogP contribution in [-0.4, -0.2) is 17.1 Å². The summed E-state index contributed by atoms with van der Waals surface area (Å²) in [6, 6.07) is 18.0. The minimum Gasteiger partial charge on any atom is -0.273 e. The summed E-state index contributed by atoms with van der Waals surface area (Å²) in [6.07, 6.45) is 2.41. The summed E-state index contributed by atoms with van der Waals surface area (Å²) in [5.41, 5.74) is 6.50. The number of rotatable bonds is 4. The number of amides is 1. The standard InChI is InChI=1S/C21H18ClN3O/c1-13-7-8-19-15(9-13)10-16(20(22)24-19)12-23-25-21(26)18-11-17(18)14-5-3-2-4-6-14/h2-10,12,17-18H,11H2,1H3,(H,25,26)/t17-,18+/m0/s1. The number of carbonyl (C=O) groups excluding carboxylic acids is 1. The van der Waals surface area contributed by atoms with Crippen molar-refractivity contribution < 1.29 is 4.79 Å². The topological polar surface area (TPSA) is 54.4 Å². The number of pyridine rings is 1. The lowest BCUT2D eigenvalue weighted by molar-refractivity contribution is -0.122. The molecule has 1 saturated carbocycles. The molecule has 4 nitrogen and oxygen atoms in total. The van der Waals surface area contributed by atoms with Crippen LogP contribution >= 0.6 is 11.6 Å². The number of hydrogen-bond donors (Lipinski definition) is 1. The van der Waals surface area contributed by atoms with E-state index in [-0.39, 0.29) is 11.8 Å². The van der Waals surface area contributed by atoms with E-state index in [1.807, 2.05) is 49.4 Å². The second-order valence-corrected chi connectivity index (χ2v) is 7.02. The van der Waals surface area contributed by atoms with Gasteiger partial charge in [-0.05, 0) is 43.0 Å². The number of nitrogens with one attached hydrogen (secondary N) is 1. The Labute approximate surface area is 156 Å². The molecule has 1 amide bonds. The van der Waals surface area contributed by atoms with Crippen molar-refractivity contribution in [1.82, 2.24) is 10.4 Å². The van der Waals surface area contributed by atoms with Gasteiger partial charge in [-0.1, -0.05) is 53.6 Å². The molecule has 0 unspecified atom stereocenters. The van der Waals surface area contributed by atoms with Crippen molar-refractivity contribution in [2.24, 2.45) is 11.0 Å². The van der Waals surface area contributed by atoms with Crippen LogP contribution in [-0.2, 0) is 4.79 Å². The average molecular weight is 364 g/mol. The Balaban J connectivity index is 1.43. The van der Waals surface area contributed by atoms with Crippen molar-refractivity contribution in [2.45, 2.75) is 19.3 Å². The molecule has 1 aliphatic carbocycles. The predicted molar refractivity (Wildman–Crippen MR) is 105 cm³/mol. The van der Waals surface area contributed by atoms with E-state index in [1.54, 1.807) is 6.21 Å². The van der Waals surface area contributed by atoms with Crippen molar-refractivity contribution in [3.63, 3.8) is 0 Å². The van der Waals surface area contributed by atoms with Crippen LogP contribution in [0.4, 0.5) is 0 Å². The number of hydrogen-bond acceptors (Lipinski definition) is 3. The highest BCUT2D eigenvalue weighted by molar-refractivity contribution is 6.32. The second kappa shape index (κ2) is 6.89. The van der Waals surface area contributed by atoms with E-state index in [9.17, 15) is 4.79 Å². The largest absolute Gasteiger partial charge is 0.273 e. The Morgan fingerprint density at radius 2 is 2.04 bits per heavy atom. The molecular weight excluding hydrogens is 346 g/mol. The summed E-state index contributed by atoms with van der Waals surface area (Å²) in [7, 11) is 0. The fourth-order valence-electron chi connectivity index (χ4n) is 3.18. The smallest absolute Gasteiger partial charge is 0.243 e. The van der Waals surface area contributed by atoms with Gasteiger partial charge in [-0.25, -0.2) is 10.4 Å². The second-order valence-electron chi connectivity index (χ2n) is 6.66. The molecule has 2 aromatic carbocycles. The van der Waals surface area contributed by atoms with Crippen LogP contribution in [0, 0.1) is 12.8 Å². The number of aryl methyl sites for hydroxylation is 1. The quantitative estimate of drug-likeness (QED) is 0.423. The molecule has 0 radical (unpaired) electrons. The first-order valence-electron chi connectivity index (χ1n) is 8.56. The van der Waals surface area contributed by atoms with Crippen molar-refractivity contribution in [1.29, 1.82) is 0 Å². The first-order valence-corrected chi connectivity index (χ1v) is 8.94. The molecule has 0 bridgehead atoms. The highest BCUT2D eigenvalue weighted by Gasteiger charge is 2.43.